The molecule has 112 valence electrons. The van der Waals surface area contributed by atoms with E-state index in [1.807, 2.05) is 25.1 Å². The molecule has 1 aromatic carbocycles. The van der Waals surface area contributed by atoms with Crippen molar-refractivity contribution < 1.29 is 19.1 Å². The summed E-state index contributed by atoms with van der Waals surface area (Å²) in [5.41, 5.74) is 0.835. The summed E-state index contributed by atoms with van der Waals surface area (Å²) in [7, 11) is 0. The molecule has 0 aliphatic rings. The number of fused-ring (bicyclic) bond motifs is 1. The number of unbranched alkanes of at least 4 members (excludes halogenated alkanes) is 1. The van der Waals surface area contributed by atoms with E-state index >= 15 is 0 Å². The molecule has 0 bridgehead atoms. The van der Waals surface area contributed by atoms with Gasteiger partial charge in [-0.2, -0.15) is 0 Å². The largest absolute Gasteiger partial charge is 0.461 e. The van der Waals surface area contributed by atoms with E-state index in [9.17, 15) is 9.59 Å². The number of carbonyl (C=O) groups is 2. The molecule has 5 nitrogen and oxygen atoms in total. The number of para-hydroxylation sites is 1. The number of carbonyl (C=O) groups excluding carboxylic acids is 2. The van der Waals surface area contributed by atoms with Gasteiger partial charge in [-0.25, -0.2) is 14.2 Å². The Morgan fingerprint density at radius 1 is 1.14 bits per heavy atom. The highest BCUT2D eigenvalue weighted by Crippen LogP contribution is 2.21. The van der Waals surface area contributed by atoms with Gasteiger partial charge in [-0.05, 0) is 25.5 Å². The third-order valence-electron chi connectivity index (χ3n) is 3.10. The highest BCUT2D eigenvalue weighted by atomic mass is 16.6. The van der Waals surface area contributed by atoms with Gasteiger partial charge in [-0.15, -0.1) is 0 Å². The highest BCUT2D eigenvalue weighted by molar-refractivity contribution is 6.01. The van der Waals surface area contributed by atoms with Gasteiger partial charge in [0, 0.05) is 5.39 Å². The Balaban J connectivity index is 2.40. The molecule has 21 heavy (non-hydrogen) atoms. The van der Waals surface area contributed by atoms with Crippen molar-refractivity contribution in [1.82, 2.24) is 4.57 Å². The molecule has 5 heteroatoms. The molecule has 0 aliphatic heterocycles. The zero-order valence-corrected chi connectivity index (χ0v) is 12.3. The Kier molecular flexibility index (Phi) is 4.98. The molecule has 0 unspecified atom stereocenters. The Bertz CT molecular complexity index is 645. The fourth-order valence-electron chi connectivity index (χ4n) is 2.08. The first-order valence-electron chi connectivity index (χ1n) is 7.13. The molecule has 0 N–H and O–H groups in total. The van der Waals surface area contributed by atoms with Crippen LogP contribution in [0.25, 0.3) is 10.9 Å². The number of nitrogens with zero attached hydrogens (tertiary/aromatic N) is 1. The maximum Gasteiger partial charge on any atom is 0.419 e. The minimum atomic E-state index is -0.548. The van der Waals surface area contributed by atoms with E-state index in [1.54, 1.807) is 19.1 Å². The van der Waals surface area contributed by atoms with Crippen LogP contribution in [0.2, 0.25) is 0 Å². The molecule has 0 radical (unpaired) electrons. The summed E-state index contributed by atoms with van der Waals surface area (Å²) >= 11 is 0. The third kappa shape index (κ3) is 3.24. The van der Waals surface area contributed by atoms with E-state index < -0.39 is 12.1 Å². The second-order valence-corrected chi connectivity index (χ2v) is 4.61. The van der Waals surface area contributed by atoms with Crippen molar-refractivity contribution in [2.45, 2.75) is 26.7 Å². The Morgan fingerprint density at radius 2 is 1.90 bits per heavy atom. The minimum absolute atomic E-state index is 0.194. The fourth-order valence-corrected chi connectivity index (χ4v) is 2.08. The van der Waals surface area contributed by atoms with Gasteiger partial charge in [0.25, 0.3) is 0 Å². The Hall–Kier alpha value is -2.30. The van der Waals surface area contributed by atoms with Crippen LogP contribution < -0.4 is 0 Å². The predicted molar refractivity (Wildman–Crippen MR) is 79.5 cm³/mol. The van der Waals surface area contributed by atoms with Crippen molar-refractivity contribution in [1.29, 1.82) is 0 Å². The average Bonchev–Trinajstić information content (AvgIpc) is 2.87. The molecule has 0 spiro atoms. The molecule has 0 aliphatic carbocycles. The van der Waals surface area contributed by atoms with Gasteiger partial charge in [0.2, 0.25) is 0 Å². The number of benzene rings is 1. The number of rotatable bonds is 5. The van der Waals surface area contributed by atoms with Crippen LogP contribution >= 0.6 is 0 Å². The second kappa shape index (κ2) is 6.92. The average molecular weight is 289 g/mol. The number of hydrogen-bond donors (Lipinski definition) is 0. The summed E-state index contributed by atoms with van der Waals surface area (Å²) in [6.45, 7) is 4.34. The summed E-state index contributed by atoms with van der Waals surface area (Å²) in [6, 6.07) is 8.93. The Labute approximate surface area is 123 Å². The lowest BCUT2D eigenvalue weighted by molar-refractivity contribution is 0.0511. The summed E-state index contributed by atoms with van der Waals surface area (Å²) in [5.74, 6) is -0.527. The maximum absolute atomic E-state index is 12.3. The zero-order valence-electron chi connectivity index (χ0n) is 12.3. The topological polar surface area (TPSA) is 57.5 Å². The van der Waals surface area contributed by atoms with Crippen LogP contribution in [0.1, 0.15) is 37.2 Å². The first-order valence-corrected chi connectivity index (χ1v) is 7.13. The molecule has 0 saturated carbocycles. The lowest BCUT2D eigenvalue weighted by Gasteiger charge is -2.09. The van der Waals surface area contributed by atoms with Crippen molar-refractivity contribution in [3.63, 3.8) is 0 Å². The van der Waals surface area contributed by atoms with Crippen LogP contribution in [0.4, 0.5) is 4.79 Å². The Morgan fingerprint density at radius 3 is 2.62 bits per heavy atom. The molecular formula is C16H19NO4. The van der Waals surface area contributed by atoms with E-state index in [2.05, 4.69) is 0 Å². The second-order valence-electron chi connectivity index (χ2n) is 4.61. The van der Waals surface area contributed by atoms with Crippen LogP contribution in [0.5, 0.6) is 0 Å². The lowest BCUT2D eigenvalue weighted by atomic mass is 10.2. The molecule has 0 saturated heterocycles. The van der Waals surface area contributed by atoms with Gasteiger partial charge in [0.1, 0.15) is 5.69 Å². The molecule has 0 fully saturated rings. The summed E-state index contributed by atoms with van der Waals surface area (Å²) in [4.78, 5) is 24.3. The van der Waals surface area contributed by atoms with E-state index in [0.29, 0.717) is 12.1 Å². The zero-order chi connectivity index (χ0) is 15.2. The van der Waals surface area contributed by atoms with Gasteiger partial charge in [-0.1, -0.05) is 31.5 Å². The van der Waals surface area contributed by atoms with Gasteiger partial charge in [0.15, 0.2) is 0 Å². The number of esters is 1. The number of aromatic nitrogens is 1. The summed E-state index contributed by atoms with van der Waals surface area (Å²) in [5, 5.41) is 0.799. The fraction of sp³-hybridized carbons (Fsp3) is 0.375. The van der Waals surface area contributed by atoms with Gasteiger partial charge >= 0.3 is 12.1 Å². The van der Waals surface area contributed by atoms with Crippen LogP contribution in [0.15, 0.2) is 30.3 Å². The van der Waals surface area contributed by atoms with Gasteiger partial charge < -0.3 is 9.47 Å². The predicted octanol–water partition coefficient (Wildman–Crippen LogP) is 3.60. The molecule has 0 amide bonds. The van der Waals surface area contributed by atoms with Crippen LogP contribution in [-0.4, -0.2) is 29.8 Å². The standard InChI is InChI=1S/C16H19NO4/c1-3-5-10-21-16(19)17-13-9-7-6-8-12(13)11-14(17)15(18)20-4-2/h6-9,11H,3-5,10H2,1-2H3. The van der Waals surface area contributed by atoms with Crippen molar-refractivity contribution in [2.75, 3.05) is 13.2 Å². The van der Waals surface area contributed by atoms with Gasteiger partial charge in [0.05, 0.1) is 18.7 Å². The molecule has 0 atom stereocenters. The van der Waals surface area contributed by atoms with E-state index in [0.717, 1.165) is 18.2 Å². The quantitative estimate of drug-likeness (QED) is 0.623. The van der Waals surface area contributed by atoms with Crippen molar-refractivity contribution >= 4 is 23.0 Å². The highest BCUT2D eigenvalue weighted by Gasteiger charge is 2.21. The number of hydrogen-bond acceptors (Lipinski definition) is 4. The normalized spacial score (nSPS) is 10.6. The SMILES string of the molecule is CCCCOC(=O)n1c(C(=O)OCC)cc2ccccc21. The smallest absolute Gasteiger partial charge is 0.419 e. The number of ether oxygens (including phenoxy) is 2. The van der Waals surface area contributed by atoms with Crippen molar-refractivity contribution in [3.05, 3.63) is 36.0 Å². The molecule has 1 aromatic heterocycles. The van der Waals surface area contributed by atoms with E-state index in [1.165, 1.54) is 4.57 Å². The van der Waals surface area contributed by atoms with Crippen LogP contribution in [0, 0.1) is 0 Å². The first kappa shape index (κ1) is 15.1. The first-order chi connectivity index (χ1) is 10.2. The van der Waals surface area contributed by atoms with E-state index in [-0.39, 0.29) is 12.3 Å². The third-order valence-corrected chi connectivity index (χ3v) is 3.10. The minimum Gasteiger partial charge on any atom is -0.461 e. The monoisotopic (exact) mass is 289 g/mol. The summed E-state index contributed by atoms with van der Waals surface area (Å²) in [6.07, 6.45) is 1.18. The maximum atomic E-state index is 12.3. The lowest BCUT2D eigenvalue weighted by Crippen LogP contribution is -2.20. The summed E-state index contributed by atoms with van der Waals surface area (Å²) < 4.78 is 11.5. The molecule has 2 aromatic rings. The van der Waals surface area contributed by atoms with Crippen LogP contribution in [-0.2, 0) is 9.47 Å². The van der Waals surface area contributed by atoms with Crippen LogP contribution in [0.3, 0.4) is 0 Å². The van der Waals surface area contributed by atoms with Crippen molar-refractivity contribution in [3.8, 4) is 0 Å². The molecule has 2 rings (SSSR count). The van der Waals surface area contributed by atoms with Gasteiger partial charge in [-0.3, -0.25) is 0 Å². The molecular weight excluding hydrogens is 270 g/mol. The van der Waals surface area contributed by atoms with Crippen molar-refractivity contribution in [2.24, 2.45) is 0 Å². The molecule has 1 heterocycles. The van der Waals surface area contributed by atoms with E-state index in [4.69, 9.17) is 9.47 Å².